The van der Waals surface area contributed by atoms with Crippen molar-refractivity contribution in [2.75, 3.05) is 5.75 Å². The number of halogens is 1. The number of nitriles is 1. The number of nitrogens with zero attached hydrogens (tertiary/aromatic N) is 1. The molecule has 0 aromatic heterocycles. The summed E-state index contributed by atoms with van der Waals surface area (Å²) in [4.78, 5) is 11.1. The van der Waals surface area contributed by atoms with Crippen molar-refractivity contribution < 1.29 is 4.79 Å². The largest absolute Gasteiger partial charge is 0.319 e. The van der Waals surface area contributed by atoms with Crippen molar-refractivity contribution in [1.29, 1.82) is 5.26 Å². The lowest BCUT2D eigenvalue weighted by Gasteiger charge is -2.03. The van der Waals surface area contributed by atoms with Crippen LogP contribution in [0.15, 0.2) is 29.3 Å². The Balaban J connectivity index is 2.41. The van der Waals surface area contributed by atoms with Gasteiger partial charge in [-0.05, 0) is 17.7 Å². The number of carbonyl (C=O) groups excluding carboxylic acids is 1. The van der Waals surface area contributed by atoms with Gasteiger partial charge in [-0.25, -0.2) is 0 Å². The highest BCUT2D eigenvalue weighted by atomic mass is 35.5. The molecule has 5 heteroatoms. The zero-order valence-electron chi connectivity index (χ0n) is 8.16. The SMILES string of the molecule is N#C/C(=C1\NC(=O)CS1)c1ccc(Cl)cc1. The van der Waals surface area contributed by atoms with Crippen LogP contribution in [0.3, 0.4) is 0 Å². The van der Waals surface area contributed by atoms with Crippen LogP contribution in [0.5, 0.6) is 0 Å². The Hall–Kier alpha value is -1.44. The fourth-order valence-corrected chi connectivity index (χ4v) is 2.30. The molecular formula is C11H7ClN2OS. The van der Waals surface area contributed by atoms with Gasteiger partial charge in [0.2, 0.25) is 5.91 Å². The molecular weight excluding hydrogens is 244 g/mol. The van der Waals surface area contributed by atoms with Crippen LogP contribution in [0.1, 0.15) is 5.56 Å². The molecule has 0 aliphatic carbocycles. The van der Waals surface area contributed by atoms with E-state index in [1.165, 1.54) is 11.8 Å². The Kier molecular flexibility index (Phi) is 3.18. The summed E-state index contributed by atoms with van der Waals surface area (Å²) in [6.07, 6.45) is 0. The molecule has 16 heavy (non-hydrogen) atoms. The van der Waals surface area contributed by atoms with E-state index in [4.69, 9.17) is 16.9 Å². The molecule has 3 nitrogen and oxygen atoms in total. The molecule has 0 saturated carbocycles. The fourth-order valence-electron chi connectivity index (χ4n) is 1.33. The van der Waals surface area contributed by atoms with E-state index in [0.29, 0.717) is 21.4 Å². The zero-order chi connectivity index (χ0) is 11.5. The van der Waals surface area contributed by atoms with Gasteiger partial charge >= 0.3 is 0 Å². The predicted octanol–water partition coefficient (Wildman–Crippen LogP) is 2.40. The lowest BCUT2D eigenvalue weighted by molar-refractivity contribution is -0.117. The molecule has 1 aliphatic rings. The van der Waals surface area contributed by atoms with Crippen molar-refractivity contribution >= 4 is 34.8 Å². The fraction of sp³-hybridized carbons (Fsp3) is 0.0909. The van der Waals surface area contributed by atoms with Gasteiger partial charge in [-0.2, -0.15) is 5.26 Å². The molecule has 1 aromatic carbocycles. The summed E-state index contributed by atoms with van der Waals surface area (Å²) < 4.78 is 0. The third kappa shape index (κ3) is 2.21. The Bertz CT molecular complexity index is 502. The van der Waals surface area contributed by atoms with Gasteiger partial charge in [0.25, 0.3) is 0 Å². The van der Waals surface area contributed by atoms with Gasteiger partial charge in [0.05, 0.1) is 16.4 Å². The number of carbonyl (C=O) groups is 1. The zero-order valence-corrected chi connectivity index (χ0v) is 9.73. The molecule has 1 amide bonds. The van der Waals surface area contributed by atoms with Crippen molar-refractivity contribution in [3.05, 3.63) is 39.9 Å². The molecule has 0 bridgehead atoms. The van der Waals surface area contributed by atoms with Crippen LogP contribution in [0.4, 0.5) is 0 Å². The molecule has 1 saturated heterocycles. The first-order valence-corrected chi connectivity index (χ1v) is 5.90. The topological polar surface area (TPSA) is 52.9 Å². The summed E-state index contributed by atoms with van der Waals surface area (Å²) in [6.45, 7) is 0. The van der Waals surface area contributed by atoms with Crippen molar-refractivity contribution in [3.8, 4) is 6.07 Å². The lowest BCUT2D eigenvalue weighted by atomic mass is 10.1. The Morgan fingerprint density at radius 2 is 2.12 bits per heavy atom. The second kappa shape index (κ2) is 4.60. The number of hydrogen-bond donors (Lipinski definition) is 1. The first-order chi connectivity index (χ1) is 7.70. The first-order valence-electron chi connectivity index (χ1n) is 4.53. The standard InChI is InChI=1S/C11H7ClN2OS/c12-8-3-1-7(2-4-8)9(5-13)11-14-10(15)6-16-11/h1-4H,6H2,(H,14,15)/b11-9-. The number of allylic oxidation sites excluding steroid dienone is 1. The molecule has 1 heterocycles. The molecule has 1 N–H and O–H groups in total. The summed E-state index contributed by atoms with van der Waals surface area (Å²) >= 11 is 7.11. The van der Waals surface area contributed by atoms with Crippen LogP contribution < -0.4 is 5.32 Å². The summed E-state index contributed by atoms with van der Waals surface area (Å²) in [5, 5.41) is 13.0. The minimum atomic E-state index is -0.0679. The van der Waals surface area contributed by atoms with Crippen molar-refractivity contribution in [3.63, 3.8) is 0 Å². The molecule has 0 spiro atoms. The highest BCUT2D eigenvalue weighted by Gasteiger charge is 2.20. The third-order valence-electron chi connectivity index (χ3n) is 2.07. The molecule has 1 aromatic rings. The molecule has 2 rings (SSSR count). The van der Waals surface area contributed by atoms with E-state index >= 15 is 0 Å². The van der Waals surface area contributed by atoms with Gasteiger partial charge in [0.15, 0.2) is 0 Å². The average molecular weight is 251 g/mol. The first kappa shape index (κ1) is 11.1. The molecule has 80 valence electrons. The maximum atomic E-state index is 11.1. The van der Waals surface area contributed by atoms with E-state index in [0.717, 1.165) is 5.56 Å². The number of benzene rings is 1. The van der Waals surface area contributed by atoms with Gasteiger partial charge in [0, 0.05) is 5.02 Å². The van der Waals surface area contributed by atoms with Crippen LogP contribution in [-0.2, 0) is 4.79 Å². The second-order valence-corrected chi connectivity index (χ2v) is 4.58. The summed E-state index contributed by atoms with van der Waals surface area (Å²) in [7, 11) is 0. The maximum Gasteiger partial charge on any atom is 0.235 e. The van der Waals surface area contributed by atoms with Crippen molar-refractivity contribution in [2.24, 2.45) is 0 Å². The summed E-state index contributed by atoms with van der Waals surface area (Å²) in [6, 6.07) is 9.06. The van der Waals surface area contributed by atoms with Crippen LogP contribution in [0.25, 0.3) is 5.57 Å². The minimum absolute atomic E-state index is 0.0679. The number of amides is 1. The predicted molar refractivity (Wildman–Crippen MR) is 64.6 cm³/mol. The molecule has 0 atom stereocenters. The van der Waals surface area contributed by atoms with E-state index < -0.39 is 0 Å². The van der Waals surface area contributed by atoms with E-state index in [9.17, 15) is 4.79 Å². The van der Waals surface area contributed by atoms with E-state index in [2.05, 4.69) is 11.4 Å². The normalized spacial score (nSPS) is 17.9. The third-order valence-corrected chi connectivity index (χ3v) is 3.33. The lowest BCUT2D eigenvalue weighted by Crippen LogP contribution is -2.14. The van der Waals surface area contributed by atoms with E-state index in [1.807, 2.05) is 0 Å². The Morgan fingerprint density at radius 3 is 2.62 bits per heavy atom. The van der Waals surface area contributed by atoms with Crippen LogP contribution in [0.2, 0.25) is 5.02 Å². The highest BCUT2D eigenvalue weighted by molar-refractivity contribution is 8.04. The van der Waals surface area contributed by atoms with Crippen molar-refractivity contribution in [1.82, 2.24) is 5.32 Å². The van der Waals surface area contributed by atoms with Gasteiger partial charge < -0.3 is 5.32 Å². The van der Waals surface area contributed by atoms with Crippen molar-refractivity contribution in [2.45, 2.75) is 0 Å². The van der Waals surface area contributed by atoms with E-state index in [1.54, 1.807) is 24.3 Å². The maximum absolute atomic E-state index is 11.1. The highest BCUT2D eigenvalue weighted by Crippen LogP contribution is 2.28. The smallest absolute Gasteiger partial charge is 0.235 e. The van der Waals surface area contributed by atoms with Gasteiger partial charge in [-0.15, -0.1) is 0 Å². The minimum Gasteiger partial charge on any atom is -0.319 e. The van der Waals surface area contributed by atoms with Crippen LogP contribution >= 0.6 is 23.4 Å². The van der Waals surface area contributed by atoms with Gasteiger partial charge in [-0.3, -0.25) is 4.79 Å². The Morgan fingerprint density at radius 1 is 1.44 bits per heavy atom. The monoisotopic (exact) mass is 250 g/mol. The molecule has 1 fully saturated rings. The van der Waals surface area contributed by atoms with E-state index in [-0.39, 0.29) is 5.91 Å². The summed E-state index contributed by atoms with van der Waals surface area (Å²) in [5.41, 5.74) is 1.24. The van der Waals surface area contributed by atoms with Crippen LogP contribution in [-0.4, -0.2) is 11.7 Å². The number of rotatable bonds is 1. The number of hydrogen-bond acceptors (Lipinski definition) is 3. The van der Waals surface area contributed by atoms with Gasteiger partial charge in [0.1, 0.15) is 6.07 Å². The Labute approximate surface area is 102 Å². The van der Waals surface area contributed by atoms with Crippen LogP contribution in [0, 0.1) is 11.3 Å². The number of thioether (sulfide) groups is 1. The van der Waals surface area contributed by atoms with Gasteiger partial charge in [-0.1, -0.05) is 35.5 Å². The summed E-state index contributed by atoms with van der Waals surface area (Å²) in [5.74, 6) is 0.301. The second-order valence-electron chi connectivity index (χ2n) is 3.16. The average Bonchev–Trinajstić information content (AvgIpc) is 2.69. The molecule has 0 unspecified atom stereocenters. The molecule has 0 radical (unpaired) electrons. The number of nitrogens with one attached hydrogen (secondary N) is 1. The molecule has 1 aliphatic heterocycles. The quantitative estimate of drug-likeness (QED) is 0.779.